The van der Waals surface area contributed by atoms with E-state index in [2.05, 4.69) is 6.07 Å². The van der Waals surface area contributed by atoms with Crippen molar-refractivity contribution in [1.82, 2.24) is 0 Å². The Hall–Kier alpha value is -1.28. The van der Waals surface area contributed by atoms with Crippen LogP contribution in [-0.2, 0) is 0 Å². The van der Waals surface area contributed by atoms with Crippen LogP contribution in [0.25, 0.3) is 0 Å². The summed E-state index contributed by atoms with van der Waals surface area (Å²) in [6.45, 7) is 3.90. The summed E-state index contributed by atoms with van der Waals surface area (Å²) >= 11 is 0. The van der Waals surface area contributed by atoms with Gasteiger partial charge in [-0.2, -0.15) is 10.5 Å². The molecule has 0 amide bonds. The number of hydrogen-bond donors (Lipinski definition) is 0. The molecule has 0 aromatic heterocycles. The highest BCUT2D eigenvalue weighted by atomic mass is 14.3. The number of nitriles is 2. The first-order valence-electron chi connectivity index (χ1n) is 3.82. The van der Waals surface area contributed by atoms with Crippen LogP contribution < -0.4 is 0 Å². The average Bonchev–Trinajstić information content (AvgIpc) is 2.05. The van der Waals surface area contributed by atoms with Crippen LogP contribution in [0.3, 0.4) is 0 Å². The van der Waals surface area contributed by atoms with E-state index in [1.54, 1.807) is 0 Å². The molecule has 0 spiro atoms. The molecule has 0 unspecified atom stereocenters. The maximum atomic E-state index is 8.63. The Morgan fingerprint density at radius 2 is 1.64 bits per heavy atom. The Labute approximate surface area is 67.8 Å². The standard InChI is InChI=1S/C9H12N2/c1-3-5-9(7-11)8(4-2)6-10/h3-5H2,1-2H3/b9-8-. The van der Waals surface area contributed by atoms with Crippen molar-refractivity contribution in [3.8, 4) is 12.1 Å². The van der Waals surface area contributed by atoms with Crippen molar-refractivity contribution >= 4 is 0 Å². The SMILES string of the molecule is CCC/C(C#N)=C(/C#N)CC. The summed E-state index contributed by atoms with van der Waals surface area (Å²) < 4.78 is 0. The van der Waals surface area contributed by atoms with Crippen LogP contribution in [0.15, 0.2) is 11.1 Å². The average molecular weight is 148 g/mol. The largest absolute Gasteiger partial charge is 0.193 e. The quantitative estimate of drug-likeness (QED) is 0.577. The topological polar surface area (TPSA) is 47.6 Å². The highest BCUT2D eigenvalue weighted by molar-refractivity contribution is 5.36. The van der Waals surface area contributed by atoms with Crippen molar-refractivity contribution in [3.05, 3.63) is 11.1 Å². The van der Waals surface area contributed by atoms with Gasteiger partial charge in [-0.15, -0.1) is 0 Å². The minimum Gasteiger partial charge on any atom is -0.193 e. The molecular weight excluding hydrogens is 136 g/mol. The normalized spacial score (nSPS) is 11.3. The smallest absolute Gasteiger partial charge is 0.0957 e. The Balaban J connectivity index is 4.56. The second-order valence-corrected chi connectivity index (χ2v) is 2.28. The number of rotatable bonds is 3. The van der Waals surface area contributed by atoms with Crippen LogP contribution in [0, 0.1) is 22.7 Å². The minimum absolute atomic E-state index is 0.634. The van der Waals surface area contributed by atoms with Crippen molar-refractivity contribution in [1.29, 1.82) is 10.5 Å². The molecule has 0 atom stereocenters. The molecular formula is C9H12N2. The minimum atomic E-state index is 0.634. The van der Waals surface area contributed by atoms with E-state index in [1.165, 1.54) is 0 Å². The van der Waals surface area contributed by atoms with Gasteiger partial charge in [-0.05, 0) is 12.8 Å². The third kappa shape index (κ3) is 2.87. The molecule has 0 bridgehead atoms. The Bertz CT molecular complexity index is 225. The molecule has 0 aliphatic rings. The predicted molar refractivity (Wildman–Crippen MR) is 43.5 cm³/mol. The number of allylic oxidation sites excluding steroid dienone is 2. The summed E-state index contributed by atoms with van der Waals surface area (Å²) in [6.07, 6.45) is 2.32. The Morgan fingerprint density at radius 1 is 1.09 bits per heavy atom. The zero-order valence-electron chi connectivity index (χ0n) is 7.02. The van der Waals surface area contributed by atoms with Gasteiger partial charge in [0.2, 0.25) is 0 Å². The van der Waals surface area contributed by atoms with Crippen molar-refractivity contribution < 1.29 is 0 Å². The summed E-state index contributed by atoms with van der Waals surface area (Å²) in [6, 6.07) is 4.11. The third-order valence-electron chi connectivity index (χ3n) is 1.49. The maximum Gasteiger partial charge on any atom is 0.0957 e. The zero-order chi connectivity index (χ0) is 8.69. The first kappa shape index (κ1) is 9.72. The molecule has 0 saturated carbocycles. The van der Waals surface area contributed by atoms with Crippen LogP contribution >= 0.6 is 0 Å². The summed E-state index contributed by atoms with van der Waals surface area (Å²) in [4.78, 5) is 0. The fourth-order valence-electron chi connectivity index (χ4n) is 0.884. The Kier molecular flexibility index (Phi) is 4.86. The van der Waals surface area contributed by atoms with E-state index in [4.69, 9.17) is 10.5 Å². The van der Waals surface area contributed by atoms with Crippen molar-refractivity contribution in [2.45, 2.75) is 33.1 Å². The molecule has 0 aliphatic heterocycles. The molecule has 0 rings (SSSR count). The van der Waals surface area contributed by atoms with E-state index < -0.39 is 0 Å². The van der Waals surface area contributed by atoms with E-state index in [0.717, 1.165) is 12.8 Å². The van der Waals surface area contributed by atoms with Gasteiger partial charge in [-0.25, -0.2) is 0 Å². The van der Waals surface area contributed by atoms with Crippen LogP contribution in [0.2, 0.25) is 0 Å². The van der Waals surface area contributed by atoms with Crippen LogP contribution in [0.5, 0.6) is 0 Å². The van der Waals surface area contributed by atoms with Gasteiger partial charge in [0.25, 0.3) is 0 Å². The van der Waals surface area contributed by atoms with Crippen LogP contribution in [0.4, 0.5) is 0 Å². The third-order valence-corrected chi connectivity index (χ3v) is 1.49. The molecule has 0 N–H and O–H groups in total. The summed E-state index contributed by atoms with van der Waals surface area (Å²) in [5.74, 6) is 0. The fourth-order valence-corrected chi connectivity index (χ4v) is 0.884. The van der Waals surface area contributed by atoms with E-state index >= 15 is 0 Å². The fraction of sp³-hybridized carbons (Fsp3) is 0.556. The monoisotopic (exact) mass is 148 g/mol. The lowest BCUT2D eigenvalue weighted by atomic mass is 10.0. The first-order chi connectivity index (χ1) is 5.29. The lowest BCUT2D eigenvalue weighted by Crippen LogP contribution is -1.86. The zero-order valence-corrected chi connectivity index (χ0v) is 7.02. The molecule has 0 saturated heterocycles. The molecule has 11 heavy (non-hydrogen) atoms. The van der Waals surface area contributed by atoms with Gasteiger partial charge >= 0.3 is 0 Å². The molecule has 0 aromatic rings. The number of nitrogens with zero attached hydrogens (tertiary/aromatic N) is 2. The predicted octanol–water partition coefficient (Wildman–Crippen LogP) is 2.54. The number of hydrogen-bond acceptors (Lipinski definition) is 2. The Morgan fingerprint density at radius 3 is 1.91 bits per heavy atom. The lowest BCUT2D eigenvalue weighted by Gasteiger charge is -1.96. The molecule has 0 aliphatic carbocycles. The molecule has 0 aromatic carbocycles. The van der Waals surface area contributed by atoms with Gasteiger partial charge in [-0.3, -0.25) is 0 Å². The van der Waals surface area contributed by atoms with E-state index in [9.17, 15) is 0 Å². The van der Waals surface area contributed by atoms with Crippen LogP contribution in [0.1, 0.15) is 33.1 Å². The highest BCUT2D eigenvalue weighted by Crippen LogP contribution is 2.12. The molecule has 2 nitrogen and oxygen atoms in total. The van der Waals surface area contributed by atoms with Crippen molar-refractivity contribution in [2.24, 2.45) is 0 Å². The summed E-state index contributed by atoms with van der Waals surface area (Å²) in [5, 5.41) is 17.2. The molecule has 0 fully saturated rings. The van der Waals surface area contributed by atoms with Gasteiger partial charge in [0.05, 0.1) is 12.1 Å². The van der Waals surface area contributed by atoms with E-state index in [-0.39, 0.29) is 0 Å². The molecule has 2 heteroatoms. The highest BCUT2D eigenvalue weighted by Gasteiger charge is 2.01. The second-order valence-electron chi connectivity index (χ2n) is 2.28. The van der Waals surface area contributed by atoms with Crippen molar-refractivity contribution in [3.63, 3.8) is 0 Å². The molecule has 0 radical (unpaired) electrons. The molecule has 0 heterocycles. The van der Waals surface area contributed by atoms with Gasteiger partial charge in [0.1, 0.15) is 0 Å². The lowest BCUT2D eigenvalue weighted by molar-refractivity contribution is 0.910. The second kappa shape index (κ2) is 5.50. The maximum absolute atomic E-state index is 8.63. The van der Waals surface area contributed by atoms with Gasteiger partial charge < -0.3 is 0 Å². The summed E-state index contributed by atoms with van der Waals surface area (Å²) in [7, 11) is 0. The first-order valence-corrected chi connectivity index (χ1v) is 3.82. The van der Waals surface area contributed by atoms with Crippen molar-refractivity contribution in [2.75, 3.05) is 0 Å². The van der Waals surface area contributed by atoms with Gasteiger partial charge in [0, 0.05) is 11.1 Å². The van der Waals surface area contributed by atoms with Gasteiger partial charge in [0.15, 0.2) is 0 Å². The molecule has 58 valence electrons. The summed E-state index contributed by atoms with van der Waals surface area (Å²) in [5.41, 5.74) is 1.28. The van der Waals surface area contributed by atoms with E-state index in [0.29, 0.717) is 17.6 Å². The van der Waals surface area contributed by atoms with Crippen LogP contribution in [-0.4, -0.2) is 0 Å². The van der Waals surface area contributed by atoms with Gasteiger partial charge in [-0.1, -0.05) is 20.3 Å². The van der Waals surface area contributed by atoms with E-state index in [1.807, 2.05) is 19.9 Å².